The second-order valence-corrected chi connectivity index (χ2v) is 7.95. The molecule has 0 aromatic heterocycles. The minimum atomic E-state index is -2.19. The molecule has 146 valence electrons. The first-order valence-electron chi connectivity index (χ1n) is 8.18. The van der Waals surface area contributed by atoms with Gasteiger partial charge < -0.3 is 20.5 Å². The van der Waals surface area contributed by atoms with Gasteiger partial charge >= 0.3 is 12.0 Å². The van der Waals surface area contributed by atoms with E-state index in [1.807, 2.05) is 30.3 Å². The fraction of sp³-hybridized carbons (Fsp3) is 0.333. The summed E-state index contributed by atoms with van der Waals surface area (Å²) in [7, 11) is 0. The molecular weight excluding hydrogens is 487 g/mol. The minimum Gasteiger partial charge on any atom is -0.507 e. The molecule has 0 fully saturated rings. The van der Waals surface area contributed by atoms with Crippen LogP contribution in [-0.2, 0) is 16.0 Å². The largest absolute Gasteiger partial charge is 0.507 e. The molecule has 2 unspecified atom stereocenters. The number of carbonyl (C=O) groups is 2. The second-order valence-electron chi connectivity index (χ2n) is 5.84. The number of hydrogen-bond acceptors (Lipinski definition) is 4. The van der Waals surface area contributed by atoms with Gasteiger partial charge in [-0.25, -0.2) is 14.0 Å². The van der Waals surface area contributed by atoms with Crippen LogP contribution < -0.4 is 10.6 Å². The van der Waals surface area contributed by atoms with E-state index in [1.54, 1.807) is 6.92 Å². The summed E-state index contributed by atoms with van der Waals surface area (Å²) in [4.78, 5) is 24.5. The van der Waals surface area contributed by atoms with Crippen molar-refractivity contribution in [1.29, 1.82) is 0 Å². The Bertz CT molecular complexity index is 766. The second kappa shape index (κ2) is 9.36. The Morgan fingerprint density at radius 1 is 1.37 bits per heavy atom. The molecule has 1 aliphatic rings. The molecule has 0 bridgehead atoms. The lowest BCUT2D eigenvalue weighted by Crippen LogP contribution is -2.48. The number of allylic oxidation sites excluding steroid dienone is 4. The number of aliphatic hydroxyl groups is 1. The molecule has 1 aromatic rings. The predicted molar refractivity (Wildman–Crippen MR) is 106 cm³/mol. The number of hydrogen-bond donors (Lipinski definition) is 3. The summed E-state index contributed by atoms with van der Waals surface area (Å²) in [6.45, 7) is 1.86. The maximum Gasteiger partial charge on any atom is 0.329 e. The summed E-state index contributed by atoms with van der Waals surface area (Å²) in [6, 6.07) is 7.60. The van der Waals surface area contributed by atoms with Crippen LogP contribution in [0.25, 0.3) is 0 Å². The molecule has 1 aromatic carbocycles. The van der Waals surface area contributed by atoms with Crippen molar-refractivity contribution in [3.8, 4) is 0 Å². The lowest BCUT2D eigenvalue weighted by Gasteiger charge is -2.25. The summed E-state index contributed by atoms with van der Waals surface area (Å²) < 4.78 is 17.2. The van der Waals surface area contributed by atoms with Gasteiger partial charge in [0.1, 0.15) is 6.04 Å². The minimum absolute atomic E-state index is 0.106. The van der Waals surface area contributed by atoms with Gasteiger partial charge in [0.25, 0.3) is 0 Å². The number of esters is 1. The Kier molecular flexibility index (Phi) is 7.43. The zero-order valence-corrected chi connectivity index (χ0v) is 17.6. The summed E-state index contributed by atoms with van der Waals surface area (Å²) in [6.07, 6.45) is 1.36. The van der Waals surface area contributed by atoms with Crippen molar-refractivity contribution in [1.82, 2.24) is 10.6 Å². The maximum atomic E-state index is 14.3. The third kappa shape index (κ3) is 6.07. The molecule has 0 aliphatic heterocycles. The fourth-order valence-electron chi connectivity index (χ4n) is 2.48. The molecule has 1 aliphatic carbocycles. The first kappa shape index (κ1) is 21.4. The number of nitrogens with one attached hydrogen (secondary N) is 2. The zero-order valence-electron chi connectivity index (χ0n) is 14.5. The predicted octanol–water partition coefficient (Wildman–Crippen LogP) is 3.97. The van der Waals surface area contributed by atoms with Gasteiger partial charge in [0, 0.05) is 18.5 Å². The molecule has 0 saturated heterocycles. The van der Waals surface area contributed by atoms with E-state index in [0.29, 0.717) is 0 Å². The number of halogens is 3. The zero-order chi connectivity index (χ0) is 20.0. The van der Waals surface area contributed by atoms with Gasteiger partial charge in [0.15, 0.2) is 5.76 Å². The molecule has 2 amide bonds. The molecule has 0 spiro atoms. The molecule has 0 saturated carbocycles. The van der Waals surface area contributed by atoms with E-state index in [1.165, 1.54) is 6.08 Å². The van der Waals surface area contributed by atoms with Crippen LogP contribution in [0.5, 0.6) is 0 Å². The number of urea groups is 1. The van der Waals surface area contributed by atoms with Gasteiger partial charge in [-0.05, 0) is 50.4 Å². The maximum absolute atomic E-state index is 14.3. The number of carbonyl (C=O) groups excluding carboxylic acids is 2. The third-order valence-electron chi connectivity index (χ3n) is 3.72. The molecule has 6 nitrogen and oxygen atoms in total. The van der Waals surface area contributed by atoms with Gasteiger partial charge in [-0.3, -0.25) is 0 Å². The number of alkyl halides is 2. The number of benzene rings is 1. The lowest BCUT2D eigenvalue weighted by molar-refractivity contribution is -0.145. The SMILES string of the molecule is CCOC(=O)C(Cc1ccccc1)NC(=O)NC1=CC(Br)=C(O)C(F)(Br)C1. The number of ether oxygens (including phenoxy) is 1. The van der Waals surface area contributed by atoms with Crippen molar-refractivity contribution in [3.63, 3.8) is 0 Å². The molecule has 0 heterocycles. The standard InChI is InChI=1S/C18H19Br2FN2O4/c1-2-27-16(25)14(8-11-6-4-3-5-7-11)23-17(26)22-12-9-13(19)15(24)18(20,21)10-12/h3-7,9,14,24H,2,8,10H2,1H3,(H2,22,23,26). The Hall–Kier alpha value is -1.87. The highest BCUT2D eigenvalue weighted by Gasteiger charge is 2.37. The van der Waals surface area contributed by atoms with Crippen LogP contribution in [0.3, 0.4) is 0 Å². The van der Waals surface area contributed by atoms with Crippen molar-refractivity contribution in [3.05, 3.63) is 57.9 Å². The van der Waals surface area contributed by atoms with Gasteiger partial charge in [-0.15, -0.1) is 0 Å². The van der Waals surface area contributed by atoms with Crippen molar-refractivity contribution in [2.75, 3.05) is 6.61 Å². The van der Waals surface area contributed by atoms with Crippen LogP contribution in [-0.4, -0.2) is 34.3 Å². The van der Waals surface area contributed by atoms with Crippen LogP contribution in [0.4, 0.5) is 9.18 Å². The Labute approximate surface area is 173 Å². The quantitative estimate of drug-likeness (QED) is 0.403. The highest BCUT2D eigenvalue weighted by Crippen LogP contribution is 2.40. The summed E-state index contributed by atoms with van der Waals surface area (Å²) in [5.41, 5.74) is 1.07. The van der Waals surface area contributed by atoms with Gasteiger partial charge in [-0.2, -0.15) is 0 Å². The molecule has 9 heteroatoms. The van der Waals surface area contributed by atoms with Crippen LogP contribution in [0.1, 0.15) is 18.9 Å². The molecule has 27 heavy (non-hydrogen) atoms. The van der Waals surface area contributed by atoms with Gasteiger partial charge in [-0.1, -0.05) is 30.3 Å². The first-order valence-corrected chi connectivity index (χ1v) is 9.77. The van der Waals surface area contributed by atoms with Crippen LogP contribution >= 0.6 is 31.9 Å². The Balaban J connectivity index is 2.07. The molecule has 2 atom stereocenters. The van der Waals surface area contributed by atoms with E-state index < -0.39 is 28.4 Å². The van der Waals surface area contributed by atoms with Crippen molar-refractivity contribution in [2.45, 2.75) is 30.4 Å². The summed E-state index contributed by atoms with van der Waals surface area (Å²) in [5, 5.41) is 14.7. The number of aliphatic hydroxyl groups excluding tert-OH is 1. The van der Waals surface area contributed by atoms with E-state index in [-0.39, 0.29) is 29.6 Å². The summed E-state index contributed by atoms with van der Waals surface area (Å²) in [5.74, 6) is -1.07. The first-order chi connectivity index (χ1) is 12.7. The van der Waals surface area contributed by atoms with Crippen molar-refractivity contribution >= 4 is 43.9 Å². The van der Waals surface area contributed by atoms with Crippen molar-refractivity contribution in [2.24, 2.45) is 0 Å². The highest BCUT2D eigenvalue weighted by molar-refractivity contribution is 9.12. The van der Waals surface area contributed by atoms with E-state index in [0.717, 1.165) is 5.56 Å². The Morgan fingerprint density at radius 3 is 2.63 bits per heavy atom. The third-order valence-corrected chi connectivity index (χ3v) is 4.98. The van der Waals surface area contributed by atoms with E-state index in [2.05, 4.69) is 42.5 Å². The number of rotatable bonds is 6. The highest BCUT2D eigenvalue weighted by atomic mass is 79.9. The molecule has 0 radical (unpaired) electrons. The van der Waals surface area contributed by atoms with E-state index in [4.69, 9.17) is 4.74 Å². The van der Waals surface area contributed by atoms with E-state index >= 15 is 0 Å². The molecular formula is C18H19Br2FN2O4. The fourth-order valence-corrected chi connectivity index (χ4v) is 3.85. The van der Waals surface area contributed by atoms with E-state index in [9.17, 15) is 19.1 Å². The van der Waals surface area contributed by atoms with Gasteiger partial charge in [0.2, 0.25) is 4.58 Å². The normalized spacial score (nSPS) is 20.5. The van der Waals surface area contributed by atoms with Crippen LogP contribution in [0.15, 0.2) is 52.3 Å². The average Bonchev–Trinajstić information content (AvgIpc) is 2.60. The molecule has 2 rings (SSSR count). The van der Waals surface area contributed by atoms with Crippen LogP contribution in [0.2, 0.25) is 0 Å². The summed E-state index contributed by atoms with van der Waals surface area (Å²) >= 11 is 5.81. The lowest BCUT2D eigenvalue weighted by atomic mass is 10.1. The van der Waals surface area contributed by atoms with Crippen LogP contribution in [0, 0.1) is 0 Å². The van der Waals surface area contributed by atoms with Gasteiger partial charge in [0.05, 0.1) is 11.1 Å². The Morgan fingerprint density at radius 2 is 2.04 bits per heavy atom. The monoisotopic (exact) mass is 504 g/mol. The molecule has 3 N–H and O–H groups in total. The average molecular weight is 506 g/mol. The number of amides is 2. The topological polar surface area (TPSA) is 87.7 Å². The smallest absolute Gasteiger partial charge is 0.329 e. The van der Waals surface area contributed by atoms with Crippen molar-refractivity contribution < 1.29 is 23.8 Å².